The van der Waals surface area contributed by atoms with E-state index in [1.165, 1.54) is 0 Å². The molecule has 0 spiro atoms. The Kier molecular flexibility index (Phi) is 4.22. The molecule has 1 saturated heterocycles. The lowest BCUT2D eigenvalue weighted by Crippen LogP contribution is -2.36. The molecule has 2 unspecified atom stereocenters. The minimum absolute atomic E-state index is 0.356. The lowest BCUT2D eigenvalue weighted by molar-refractivity contribution is -0.0160. The number of nitriles is 1. The zero-order chi connectivity index (χ0) is 13.0. The fourth-order valence-electron chi connectivity index (χ4n) is 2.30. The summed E-state index contributed by atoms with van der Waals surface area (Å²) in [6.45, 7) is 5.24. The predicted molar refractivity (Wildman–Crippen MR) is 72.4 cm³/mol. The van der Waals surface area contributed by atoms with E-state index in [4.69, 9.17) is 10.00 Å². The van der Waals surface area contributed by atoms with Crippen molar-refractivity contribution in [3.8, 4) is 6.07 Å². The quantitative estimate of drug-likeness (QED) is 0.888. The molecule has 2 rings (SSSR count). The van der Waals surface area contributed by atoms with Crippen molar-refractivity contribution >= 4 is 5.69 Å². The molecular formula is C15H20N2O. The first-order valence-corrected chi connectivity index (χ1v) is 6.57. The van der Waals surface area contributed by atoms with Gasteiger partial charge in [0.05, 0.1) is 17.7 Å². The Labute approximate surface area is 109 Å². The maximum Gasteiger partial charge on any atom is 0.0991 e. The van der Waals surface area contributed by atoms with Gasteiger partial charge in [-0.05, 0) is 43.0 Å². The molecule has 1 aromatic carbocycles. The Bertz CT molecular complexity index is 419. The second-order valence-corrected chi connectivity index (χ2v) is 5.21. The van der Waals surface area contributed by atoms with Crippen LogP contribution in [0.5, 0.6) is 0 Å². The van der Waals surface area contributed by atoms with Gasteiger partial charge in [-0.2, -0.15) is 5.26 Å². The Morgan fingerprint density at radius 2 is 2.06 bits per heavy atom. The molecule has 1 fully saturated rings. The molecule has 3 heteroatoms. The third-order valence-corrected chi connectivity index (χ3v) is 3.44. The molecule has 0 bridgehead atoms. The van der Waals surface area contributed by atoms with E-state index in [9.17, 15) is 0 Å². The van der Waals surface area contributed by atoms with Gasteiger partial charge in [-0.25, -0.2) is 0 Å². The first-order chi connectivity index (χ1) is 8.69. The SMILES string of the molecule is CC(C)C1CC(Nc2ccc(C#N)cc2)CCO1. The number of benzene rings is 1. The summed E-state index contributed by atoms with van der Waals surface area (Å²) in [7, 11) is 0. The molecule has 18 heavy (non-hydrogen) atoms. The highest BCUT2D eigenvalue weighted by Crippen LogP contribution is 2.23. The molecule has 1 N–H and O–H groups in total. The average molecular weight is 244 g/mol. The van der Waals surface area contributed by atoms with Crippen LogP contribution in [-0.4, -0.2) is 18.8 Å². The molecule has 1 heterocycles. The summed E-state index contributed by atoms with van der Waals surface area (Å²) in [5.74, 6) is 0.565. The second kappa shape index (κ2) is 5.88. The largest absolute Gasteiger partial charge is 0.382 e. The highest BCUT2D eigenvalue weighted by Gasteiger charge is 2.24. The highest BCUT2D eigenvalue weighted by atomic mass is 16.5. The van der Waals surface area contributed by atoms with Gasteiger partial charge in [-0.15, -0.1) is 0 Å². The van der Waals surface area contributed by atoms with E-state index in [0.717, 1.165) is 25.1 Å². The van der Waals surface area contributed by atoms with Gasteiger partial charge < -0.3 is 10.1 Å². The van der Waals surface area contributed by atoms with Gasteiger partial charge in [-0.3, -0.25) is 0 Å². The Morgan fingerprint density at radius 1 is 1.33 bits per heavy atom. The Hall–Kier alpha value is -1.53. The first kappa shape index (κ1) is 12.9. The minimum Gasteiger partial charge on any atom is -0.382 e. The third kappa shape index (κ3) is 3.24. The monoisotopic (exact) mass is 244 g/mol. The van der Waals surface area contributed by atoms with Crippen LogP contribution < -0.4 is 5.32 Å². The third-order valence-electron chi connectivity index (χ3n) is 3.44. The van der Waals surface area contributed by atoms with E-state index in [2.05, 4.69) is 25.2 Å². The maximum atomic E-state index is 8.76. The summed E-state index contributed by atoms with van der Waals surface area (Å²) in [6.07, 6.45) is 2.45. The molecule has 1 aliphatic rings. The first-order valence-electron chi connectivity index (χ1n) is 6.57. The molecule has 1 aliphatic heterocycles. The second-order valence-electron chi connectivity index (χ2n) is 5.21. The van der Waals surface area contributed by atoms with Crippen molar-refractivity contribution < 1.29 is 4.74 Å². The van der Waals surface area contributed by atoms with Crippen LogP contribution in [-0.2, 0) is 4.74 Å². The fraction of sp³-hybridized carbons (Fsp3) is 0.533. The number of anilines is 1. The molecule has 3 nitrogen and oxygen atoms in total. The van der Waals surface area contributed by atoms with Crippen LogP contribution in [0.2, 0.25) is 0 Å². The zero-order valence-electron chi connectivity index (χ0n) is 11.0. The summed E-state index contributed by atoms with van der Waals surface area (Å²) in [5.41, 5.74) is 1.79. The van der Waals surface area contributed by atoms with E-state index in [-0.39, 0.29) is 0 Å². The molecule has 0 amide bonds. The van der Waals surface area contributed by atoms with E-state index in [1.807, 2.05) is 24.3 Å². The Morgan fingerprint density at radius 3 is 2.67 bits per heavy atom. The number of rotatable bonds is 3. The van der Waals surface area contributed by atoms with Crippen LogP contribution in [0.25, 0.3) is 0 Å². The van der Waals surface area contributed by atoms with Gasteiger partial charge in [0.15, 0.2) is 0 Å². The molecule has 0 saturated carbocycles. The maximum absolute atomic E-state index is 8.76. The van der Waals surface area contributed by atoms with Crippen LogP contribution in [0.15, 0.2) is 24.3 Å². The topological polar surface area (TPSA) is 45.0 Å². The number of hydrogen-bond donors (Lipinski definition) is 1. The van der Waals surface area contributed by atoms with Crippen LogP contribution in [0, 0.1) is 17.2 Å². The molecule has 0 aliphatic carbocycles. The van der Waals surface area contributed by atoms with Gasteiger partial charge in [0.25, 0.3) is 0 Å². The summed E-state index contributed by atoms with van der Waals surface area (Å²) in [4.78, 5) is 0. The fourth-order valence-corrected chi connectivity index (χ4v) is 2.30. The molecule has 1 aromatic rings. The normalized spacial score (nSPS) is 23.7. The van der Waals surface area contributed by atoms with E-state index in [0.29, 0.717) is 23.6 Å². The lowest BCUT2D eigenvalue weighted by Gasteiger charge is -2.32. The van der Waals surface area contributed by atoms with Gasteiger partial charge in [-0.1, -0.05) is 13.8 Å². The highest BCUT2D eigenvalue weighted by molar-refractivity contribution is 5.47. The molecule has 96 valence electrons. The van der Waals surface area contributed by atoms with Crippen molar-refractivity contribution in [3.05, 3.63) is 29.8 Å². The van der Waals surface area contributed by atoms with Crippen molar-refractivity contribution in [1.29, 1.82) is 5.26 Å². The summed E-state index contributed by atoms with van der Waals surface area (Å²) < 4.78 is 5.76. The summed E-state index contributed by atoms with van der Waals surface area (Å²) >= 11 is 0. The van der Waals surface area contributed by atoms with Crippen molar-refractivity contribution in [2.75, 3.05) is 11.9 Å². The van der Waals surface area contributed by atoms with Crippen LogP contribution >= 0.6 is 0 Å². The van der Waals surface area contributed by atoms with Crippen LogP contribution in [0.1, 0.15) is 32.3 Å². The zero-order valence-corrected chi connectivity index (χ0v) is 11.0. The molecule has 2 atom stereocenters. The molecule has 0 aromatic heterocycles. The van der Waals surface area contributed by atoms with Gasteiger partial charge in [0.1, 0.15) is 0 Å². The summed E-state index contributed by atoms with van der Waals surface area (Å²) in [6, 6.07) is 10.2. The number of hydrogen-bond acceptors (Lipinski definition) is 3. The van der Waals surface area contributed by atoms with Crippen molar-refractivity contribution in [2.24, 2.45) is 5.92 Å². The van der Waals surface area contributed by atoms with Gasteiger partial charge in [0.2, 0.25) is 0 Å². The van der Waals surface area contributed by atoms with E-state index in [1.54, 1.807) is 0 Å². The van der Waals surface area contributed by atoms with E-state index < -0.39 is 0 Å². The standard InChI is InChI=1S/C15H20N2O/c1-11(2)15-9-14(7-8-18-15)17-13-5-3-12(10-16)4-6-13/h3-6,11,14-15,17H,7-9H2,1-2H3. The molecule has 0 radical (unpaired) electrons. The van der Waals surface area contributed by atoms with Crippen LogP contribution in [0.3, 0.4) is 0 Å². The summed E-state index contributed by atoms with van der Waals surface area (Å²) in [5, 5.41) is 12.3. The van der Waals surface area contributed by atoms with Crippen LogP contribution in [0.4, 0.5) is 5.69 Å². The predicted octanol–water partition coefficient (Wildman–Crippen LogP) is 3.17. The number of nitrogens with one attached hydrogen (secondary N) is 1. The van der Waals surface area contributed by atoms with E-state index >= 15 is 0 Å². The average Bonchev–Trinajstić information content (AvgIpc) is 2.40. The van der Waals surface area contributed by atoms with Crippen molar-refractivity contribution in [3.63, 3.8) is 0 Å². The molecular weight excluding hydrogens is 224 g/mol. The number of ether oxygens (including phenoxy) is 1. The van der Waals surface area contributed by atoms with Gasteiger partial charge >= 0.3 is 0 Å². The van der Waals surface area contributed by atoms with Crippen molar-refractivity contribution in [2.45, 2.75) is 38.8 Å². The smallest absolute Gasteiger partial charge is 0.0991 e. The Balaban J connectivity index is 1.94. The minimum atomic E-state index is 0.356. The van der Waals surface area contributed by atoms with Gasteiger partial charge in [0, 0.05) is 18.3 Å². The van der Waals surface area contributed by atoms with Crippen molar-refractivity contribution in [1.82, 2.24) is 0 Å². The number of nitrogens with zero attached hydrogens (tertiary/aromatic N) is 1. The lowest BCUT2D eigenvalue weighted by atomic mass is 9.95.